The molecule has 1 aromatic heterocycles. The molecule has 0 aliphatic carbocycles. The van der Waals surface area contributed by atoms with Gasteiger partial charge in [0.25, 0.3) is 0 Å². The van der Waals surface area contributed by atoms with Crippen LogP contribution in [-0.4, -0.2) is 35.8 Å². The lowest BCUT2D eigenvalue weighted by atomic mass is 9.88. The number of ether oxygens (including phenoxy) is 1. The van der Waals surface area contributed by atoms with Gasteiger partial charge in [-0.2, -0.15) is 0 Å². The molecule has 0 spiro atoms. The third kappa shape index (κ3) is 5.29. The van der Waals surface area contributed by atoms with E-state index in [9.17, 15) is 9.18 Å². The van der Waals surface area contributed by atoms with Crippen LogP contribution in [0, 0.1) is 11.2 Å². The minimum absolute atomic E-state index is 0.259. The van der Waals surface area contributed by atoms with Crippen molar-refractivity contribution in [3.8, 4) is 11.1 Å². The number of amides is 1. The molecule has 136 valence electrons. The van der Waals surface area contributed by atoms with E-state index < -0.39 is 6.09 Å². The van der Waals surface area contributed by atoms with Gasteiger partial charge >= 0.3 is 6.09 Å². The maximum atomic E-state index is 13.1. The van der Waals surface area contributed by atoms with E-state index >= 15 is 0 Å². The first-order valence-corrected chi connectivity index (χ1v) is 8.01. The van der Waals surface area contributed by atoms with Crippen molar-refractivity contribution in [2.24, 2.45) is 11.1 Å². The molecule has 2 N–H and O–H groups in total. The van der Waals surface area contributed by atoms with E-state index in [-0.39, 0.29) is 17.3 Å². The minimum atomic E-state index is -0.792. The van der Waals surface area contributed by atoms with Gasteiger partial charge in [-0.1, -0.05) is 38.1 Å². The van der Waals surface area contributed by atoms with Gasteiger partial charge in [0, 0.05) is 17.5 Å². The molecule has 0 bridgehead atoms. The second-order valence-corrected chi connectivity index (χ2v) is 7.16. The zero-order valence-electron chi connectivity index (χ0n) is 15.0. The van der Waals surface area contributed by atoms with Gasteiger partial charge < -0.3 is 15.0 Å². The van der Waals surface area contributed by atoms with Gasteiger partial charge in [-0.15, -0.1) is 0 Å². The molecule has 0 aliphatic heterocycles. The van der Waals surface area contributed by atoms with Gasteiger partial charge in [0.15, 0.2) is 5.76 Å². The lowest BCUT2D eigenvalue weighted by molar-refractivity contribution is 0.0140. The topological polar surface area (TPSA) is 81.6 Å². The molecule has 0 fully saturated rings. The van der Waals surface area contributed by atoms with Crippen LogP contribution in [-0.2, 0) is 11.3 Å². The molecule has 2 aromatic rings. The Hall–Kier alpha value is -2.41. The Kier molecular flexibility index (Phi) is 5.79. The Labute approximate surface area is 146 Å². The number of carbonyl (C=O) groups excluding carboxylic acids is 1. The minimum Gasteiger partial charge on any atom is -0.444 e. The quantitative estimate of drug-likeness (QED) is 0.864. The maximum Gasteiger partial charge on any atom is 0.404 e. The van der Waals surface area contributed by atoms with Crippen LogP contribution in [0.25, 0.3) is 11.1 Å². The zero-order chi connectivity index (χ0) is 18.6. The average Bonchev–Trinajstić information content (AvgIpc) is 2.94. The van der Waals surface area contributed by atoms with Crippen LogP contribution in [0.5, 0.6) is 0 Å². The Balaban J connectivity index is 2.10. The van der Waals surface area contributed by atoms with Crippen molar-refractivity contribution in [1.82, 2.24) is 10.1 Å². The van der Waals surface area contributed by atoms with Crippen LogP contribution in [0.2, 0.25) is 0 Å². The number of likely N-dealkylation sites (N-methyl/N-ethyl adjacent to an activating group) is 1. The van der Waals surface area contributed by atoms with E-state index in [0.717, 1.165) is 11.1 Å². The summed E-state index contributed by atoms with van der Waals surface area (Å²) in [7, 11) is 1.89. The molecule has 1 heterocycles. The van der Waals surface area contributed by atoms with Crippen molar-refractivity contribution in [3.05, 3.63) is 42.0 Å². The van der Waals surface area contributed by atoms with Crippen molar-refractivity contribution < 1.29 is 18.4 Å². The second kappa shape index (κ2) is 7.65. The molecule has 1 amide bonds. The summed E-state index contributed by atoms with van der Waals surface area (Å²) in [5.74, 6) is 0.358. The number of halogens is 1. The van der Waals surface area contributed by atoms with E-state index in [0.29, 0.717) is 18.8 Å². The number of benzene rings is 1. The standard InChI is InChI=1S/C18H24FN3O3/c1-18(2,3)16(24-17(20)23)11-22(4)10-15-14(9-21-25-15)12-5-7-13(19)8-6-12/h5-9,16H,10-11H2,1-4H3,(H2,20,23). The van der Waals surface area contributed by atoms with E-state index in [2.05, 4.69) is 5.16 Å². The molecule has 0 saturated carbocycles. The Morgan fingerprint density at radius 3 is 2.56 bits per heavy atom. The summed E-state index contributed by atoms with van der Waals surface area (Å²) >= 11 is 0. The van der Waals surface area contributed by atoms with Crippen LogP contribution < -0.4 is 5.73 Å². The maximum absolute atomic E-state index is 13.1. The number of hydrogen-bond acceptors (Lipinski definition) is 5. The monoisotopic (exact) mass is 349 g/mol. The first-order chi connectivity index (χ1) is 11.7. The molecular weight excluding hydrogens is 325 g/mol. The number of nitrogens with zero attached hydrogens (tertiary/aromatic N) is 2. The Bertz CT molecular complexity index is 707. The summed E-state index contributed by atoms with van der Waals surface area (Å²) in [6.45, 7) is 6.88. The molecule has 0 aliphatic rings. The SMILES string of the molecule is CN(Cc1oncc1-c1ccc(F)cc1)CC(OC(N)=O)C(C)(C)C. The van der Waals surface area contributed by atoms with E-state index in [1.807, 2.05) is 32.7 Å². The van der Waals surface area contributed by atoms with Gasteiger partial charge in [-0.3, -0.25) is 4.90 Å². The fraction of sp³-hybridized carbons (Fsp3) is 0.444. The largest absolute Gasteiger partial charge is 0.444 e. The Morgan fingerprint density at radius 1 is 1.36 bits per heavy atom. The fourth-order valence-electron chi connectivity index (χ4n) is 2.46. The van der Waals surface area contributed by atoms with Crippen LogP contribution >= 0.6 is 0 Å². The van der Waals surface area contributed by atoms with Crippen LogP contribution in [0.3, 0.4) is 0 Å². The lowest BCUT2D eigenvalue weighted by Gasteiger charge is -2.32. The summed E-state index contributed by atoms with van der Waals surface area (Å²) in [6, 6.07) is 6.15. The number of primary amides is 1. The highest BCUT2D eigenvalue weighted by Gasteiger charge is 2.29. The van der Waals surface area contributed by atoms with Gasteiger partial charge in [-0.05, 0) is 24.7 Å². The van der Waals surface area contributed by atoms with Gasteiger partial charge in [0.05, 0.1) is 12.7 Å². The highest BCUT2D eigenvalue weighted by molar-refractivity contribution is 5.65. The lowest BCUT2D eigenvalue weighted by Crippen LogP contribution is -2.42. The predicted molar refractivity (Wildman–Crippen MR) is 92.1 cm³/mol. The smallest absolute Gasteiger partial charge is 0.404 e. The summed E-state index contributed by atoms with van der Waals surface area (Å²) in [5, 5.41) is 3.85. The number of aromatic nitrogens is 1. The molecule has 1 aromatic carbocycles. The summed E-state index contributed by atoms with van der Waals surface area (Å²) in [5.41, 5.74) is 6.54. The third-order valence-electron chi connectivity index (χ3n) is 3.92. The fourth-order valence-corrected chi connectivity index (χ4v) is 2.46. The Morgan fingerprint density at radius 2 is 2.00 bits per heavy atom. The van der Waals surface area contributed by atoms with Crippen LogP contribution in [0.15, 0.2) is 35.0 Å². The number of carbonyl (C=O) groups is 1. The number of nitrogens with two attached hydrogens (primary N) is 1. The van der Waals surface area contributed by atoms with E-state index in [4.69, 9.17) is 15.0 Å². The van der Waals surface area contributed by atoms with Crippen LogP contribution in [0.1, 0.15) is 26.5 Å². The van der Waals surface area contributed by atoms with E-state index in [1.165, 1.54) is 12.1 Å². The normalized spacial score (nSPS) is 13.0. The van der Waals surface area contributed by atoms with Crippen LogP contribution in [0.4, 0.5) is 9.18 Å². The molecule has 6 nitrogen and oxygen atoms in total. The summed E-state index contributed by atoms with van der Waals surface area (Å²) in [4.78, 5) is 13.1. The molecule has 1 unspecified atom stereocenters. The molecule has 7 heteroatoms. The molecule has 0 saturated heterocycles. The van der Waals surface area contributed by atoms with Gasteiger partial charge in [0.1, 0.15) is 11.9 Å². The van der Waals surface area contributed by atoms with Crippen molar-refractivity contribution in [3.63, 3.8) is 0 Å². The van der Waals surface area contributed by atoms with Crippen molar-refractivity contribution >= 4 is 6.09 Å². The molecular formula is C18H24FN3O3. The highest BCUT2D eigenvalue weighted by Crippen LogP contribution is 2.26. The number of rotatable bonds is 6. The van der Waals surface area contributed by atoms with Crippen molar-refractivity contribution in [2.45, 2.75) is 33.4 Å². The molecule has 25 heavy (non-hydrogen) atoms. The molecule has 0 radical (unpaired) electrons. The number of hydrogen-bond donors (Lipinski definition) is 1. The third-order valence-corrected chi connectivity index (χ3v) is 3.92. The predicted octanol–water partition coefficient (Wildman–Crippen LogP) is 3.42. The molecule has 1 atom stereocenters. The summed E-state index contributed by atoms with van der Waals surface area (Å²) in [6.07, 6.45) is 0.449. The first kappa shape index (κ1) is 18.9. The highest BCUT2D eigenvalue weighted by atomic mass is 19.1. The zero-order valence-corrected chi connectivity index (χ0v) is 15.0. The summed E-state index contributed by atoms with van der Waals surface area (Å²) < 4.78 is 23.7. The van der Waals surface area contributed by atoms with Crippen molar-refractivity contribution in [1.29, 1.82) is 0 Å². The van der Waals surface area contributed by atoms with Gasteiger partial charge in [-0.25, -0.2) is 9.18 Å². The van der Waals surface area contributed by atoms with Gasteiger partial charge in [0.2, 0.25) is 0 Å². The average molecular weight is 349 g/mol. The van der Waals surface area contributed by atoms with E-state index in [1.54, 1.807) is 18.3 Å². The van der Waals surface area contributed by atoms with Crippen molar-refractivity contribution in [2.75, 3.05) is 13.6 Å². The molecule has 2 rings (SSSR count). The second-order valence-electron chi connectivity index (χ2n) is 7.16. The first-order valence-electron chi connectivity index (χ1n) is 8.01.